The highest BCUT2D eigenvalue weighted by atomic mass is 35.5. The van der Waals surface area contributed by atoms with E-state index >= 15 is 0 Å². The van der Waals surface area contributed by atoms with Gasteiger partial charge in [-0.15, -0.1) is 0 Å². The summed E-state index contributed by atoms with van der Waals surface area (Å²) in [5, 5.41) is 5.17. The fourth-order valence-corrected chi connectivity index (χ4v) is 5.07. The summed E-state index contributed by atoms with van der Waals surface area (Å²) in [5.74, 6) is 0.624. The van der Waals surface area contributed by atoms with Crippen molar-refractivity contribution >= 4 is 27.3 Å². The summed E-state index contributed by atoms with van der Waals surface area (Å²) < 4.78 is 33.7. The molecule has 0 aliphatic carbocycles. The standard InChI is InChI=1S/C23H21ClN2O3S/c1-16-7-13-19(14-8-16)30(27,28)26-22(20-5-3-4-6-23(20)29-2)15-21(25-26)17-9-11-18(24)12-10-17/h3-14,22H,15H2,1-2H3/t22-/m1/s1. The first-order chi connectivity index (χ1) is 14.4. The third-order valence-electron chi connectivity index (χ3n) is 5.11. The maximum atomic E-state index is 13.5. The number of hydrogen-bond donors (Lipinski definition) is 0. The van der Waals surface area contributed by atoms with Gasteiger partial charge in [0.05, 0.1) is 23.8 Å². The molecule has 0 radical (unpaired) electrons. The number of ether oxygens (including phenoxy) is 1. The van der Waals surface area contributed by atoms with Gasteiger partial charge < -0.3 is 4.74 Å². The molecule has 4 rings (SSSR count). The van der Waals surface area contributed by atoms with Gasteiger partial charge in [-0.05, 0) is 42.8 Å². The van der Waals surface area contributed by atoms with E-state index in [0.717, 1.165) is 16.7 Å². The zero-order chi connectivity index (χ0) is 21.3. The molecule has 0 bridgehead atoms. The van der Waals surface area contributed by atoms with Crippen molar-refractivity contribution in [3.05, 3.63) is 94.5 Å². The van der Waals surface area contributed by atoms with Crippen molar-refractivity contribution in [2.45, 2.75) is 24.3 Å². The first-order valence-electron chi connectivity index (χ1n) is 9.47. The second-order valence-electron chi connectivity index (χ2n) is 7.11. The highest BCUT2D eigenvalue weighted by molar-refractivity contribution is 7.89. The van der Waals surface area contributed by atoms with Gasteiger partial charge in [-0.25, -0.2) is 0 Å². The number of sulfonamides is 1. The van der Waals surface area contributed by atoms with E-state index in [-0.39, 0.29) is 4.90 Å². The van der Waals surface area contributed by atoms with Crippen molar-refractivity contribution in [1.29, 1.82) is 0 Å². The van der Waals surface area contributed by atoms with Crippen LogP contribution in [0.25, 0.3) is 0 Å². The molecule has 0 aromatic heterocycles. The van der Waals surface area contributed by atoms with Crippen molar-refractivity contribution in [2.24, 2.45) is 5.10 Å². The van der Waals surface area contributed by atoms with Gasteiger partial charge in [0, 0.05) is 17.0 Å². The number of halogens is 1. The average Bonchev–Trinajstić information content (AvgIpc) is 3.21. The van der Waals surface area contributed by atoms with E-state index in [1.54, 1.807) is 43.5 Å². The Morgan fingerprint density at radius 2 is 1.67 bits per heavy atom. The predicted molar refractivity (Wildman–Crippen MR) is 119 cm³/mol. The fourth-order valence-electron chi connectivity index (χ4n) is 3.52. The molecule has 1 atom stereocenters. The van der Waals surface area contributed by atoms with Crippen LogP contribution in [0.2, 0.25) is 5.02 Å². The maximum Gasteiger partial charge on any atom is 0.279 e. The number of methoxy groups -OCH3 is 1. The third kappa shape index (κ3) is 3.80. The smallest absolute Gasteiger partial charge is 0.279 e. The summed E-state index contributed by atoms with van der Waals surface area (Å²) >= 11 is 6.01. The minimum Gasteiger partial charge on any atom is -0.496 e. The average molecular weight is 441 g/mol. The van der Waals surface area contributed by atoms with Crippen LogP contribution in [-0.4, -0.2) is 25.7 Å². The van der Waals surface area contributed by atoms with Crippen LogP contribution in [0.15, 0.2) is 82.8 Å². The second-order valence-corrected chi connectivity index (χ2v) is 9.34. The zero-order valence-electron chi connectivity index (χ0n) is 16.6. The number of aryl methyl sites for hydroxylation is 1. The molecule has 1 heterocycles. The molecule has 0 N–H and O–H groups in total. The largest absolute Gasteiger partial charge is 0.496 e. The van der Waals surface area contributed by atoms with E-state index in [4.69, 9.17) is 16.3 Å². The monoisotopic (exact) mass is 440 g/mol. The van der Waals surface area contributed by atoms with Gasteiger partial charge in [-0.1, -0.05) is 59.6 Å². The van der Waals surface area contributed by atoms with E-state index < -0.39 is 16.1 Å². The highest BCUT2D eigenvalue weighted by Gasteiger charge is 2.38. The van der Waals surface area contributed by atoms with E-state index in [1.807, 2.05) is 43.3 Å². The molecule has 30 heavy (non-hydrogen) atoms. The third-order valence-corrected chi connectivity index (χ3v) is 7.06. The predicted octanol–water partition coefficient (Wildman–Crippen LogP) is 5.20. The van der Waals surface area contributed by atoms with E-state index in [0.29, 0.717) is 22.9 Å². The van der Waals surface area contributed by atoms with Crippen molar-refractivity contribution < 1.29 is 13.2 Å². The van der Waals surface area contributed by atoms with E-state index in [2.05, 4.69) is 5.10 Å². The summed E-state index contributed by atoms with van der Waals surface area (Å²) in [6, 6.07) is 20.9. The lowest BCUT2D eigenvalue weighted by molar-refractivity contribution is 0.350. The first-order valence-corrected chi connectivity index (χ1v) is 11.3. The number of para-hydroxylation sites is 1. The molecule has 3 aromatic rings. The van der Waals surface area contributed by atoms with Crippen LogP contribution in [-0.2, 0) is 10.0 Å². The molecule has 7 heteroatoms. The first kappa shape index (κ1) is 20.4. The number of hydrazone groups is 1. The van der Waals surface area contributed by atoms with Crippen LogP contribution in [0.5, 0.6) is 5.75 Å². The van der Waals surface area contributed by atoms with Crippen LogP contribution in [0, 0.1) is 6.92 Å². The summed E-state index contributed by atoms with van der Waals surface area (Å²) in [4.78, 5) is 0.203. The molecule has 0 unspecified atom stereocenters. The topological polar surface area (TPSA) is 59.0 Å². The summed E-state index contributed by atoms with van der Waals surface area (Å²) in [5.41, 5.74) is 3.27. The van der Waals surface area contributed by atoms with Gasteiger partial charge in [0.25, 0.3) is 10.0 Å². The van der Waals surface area contributed by atoms with Crippen LogP contribution in [0.4, 0.5) is 0 Å². The van der Waals surface area contributed by atoms with Gasteiger partial charge >= 0.3 is 0 Å². The molecule has 5 nitrogen and oxygen atoms in total. The number of benzene rings is 3. The SMILES string of the molecule is COc1ccccc1[C@H]1CC(c2ccc(Cl)cc2)=NN1S(=O)(=O)c1ccc(C)cc1. The lowest BCUT2D eigenvalue weighted by Crippen LogP contribution is -2.27. The molecular formula is C23H21ClN2O3S. The minimum atomic E-state index is -3.86. The summed E-state index contributed by atoms with van der Waals surface area (Å²) in [6.07, 6.45) is 0.424. The minimum absolute atomic E-state index is 0.203. The van der Waals surface area contributed by atoms with Gasteiger partial charge in [0.2, 0.25) is 0 Å². The van der Waals surface area contributed by atoms with Crippen molar-refractivity contribution in [1.82, 2.24) is 4.41 Å². The van der Waals surface area contributed by atoms with Gasteiger partial charge in [-0.3, -0.25) is 0 Å². The second kappa shape index (κ2) is 8.13. The normalized spacial score (nSPS) is 16.4. The molecule has 0 saturated carbocycles. The molecule has 1 aliphatic rings. The molecule has 154 valence electrons. The Morgan fingerprint density at radius 1 is 1.00 bits per heavy atom. The Bertz CT molecular complexity index is 1190. The Hall–Kier alpha value is -2.83. The van der Waals surface area contributed by atoms with Crippen LogP contribution >= 0.6 is 11.6 Å². The van der Waals surface area contributed by atoms with Crippen molar-refractivity contribution in [3.8, 4) is 5.75 Å². The summed E-state index contributed by atoms with van der Waals surface area (Å²) in [6.45, 7) is 1.92. The van der Waals surface area contributed by atoms with Crippen molar-refractivity contribution in [3.63, 3.8) is 0 Å². The Kier molecular flexibility index (Phi) is 5.54. The molecule has 0 fully saturated rings. The molecule has 0 saturated heterocycles. The maximum absolute atomic E-state index is 13.5. The molecule has 3 aromatic carbocycles. The molecular weight excluding hydrogens is 420 g/mol. The molecule has 0 spiro atoms. The fraction of sp³-hybridized carbons (Fsp3) is 0.174. The van der Waals surface area contributed by atoms with Crippen molar-refractivity contribution in [2.75, 3.05) is 7.11 Å². The number of nitrogens with zero attached hydrogens (tertiary/aromatic N) is 2. The van der Waals surface area contributed by atoms with E-state index in [9.17, 15) is 8.42 Å². The van der Waals surface area contributed by atoms with Gasteiger partial charge in [0.1, 0.15) is 5.75 Å². The lowest BCUT2D eigenvalue weighted by atomic mass is 9.98. The Morgan fingerprint density at radius 3 is 2.33 bits per heavy atom. The number of hydrogen-bond acceptors (Lipinski definition) is 4. The Labute approximate surface area is 181 Å². The van der Waals surface area contributed by atoms with Crippen LogP contribution in [0.3, 0.4) is 0 Å². The summed E-state index contributed by atoms with van der Waals surface area (Å²) in [7, 11) is -2.29. The molecule has 0 amide bonds. The number of rotatable bonds is 5. The van der Waals surface area contributed by atoms with E-state index in [1.165, 1.54) is 4.41 Å². The Balaban J connectivity index is 1.83. The van der Waals surface area contributed by atoms with Gasteiger partial charge in [-0.2, -0.15) is 17.9 Å². The zero-order valence-corrected chi connectivity index (χ0v) is 18.2. The molecule has 1 aliphatic heterocycles. The highest BCUT2D eigenvalue weighted by Crippen LogP contribution is 2.40. The lowest BCUT2D eigenvalue weighted by Gasteiger charge is -2.24. The van der Waals surface area contributed by atoms with Gasteiger partial charge in [0.15, 0.2) is 0 Å². The van der Waals surface area contributed by atoms with Crippen LogP contribution < -0.4 is 4.74 Å². The quantitative estimate of drug-likeness (QED) is 0.548. The van der Waals surface area contributed by atoms with Crippen LogP contribution in [0.1, 0.15) is 29.2 Å².